The summed E-state index contributed by atoms with van der Waals surface area (Å²) in [7, 11) is 0. The van der Waals surface area contributed by atoms with E-state index in [1.165, 1.54) is 24.5 Å². The maximum Gasteiger partial charge on any atom is 0.229 e. The molecule has 4 nitrogen and oxygen atoms in total. The molecule has 1 saturated carbocycles. The highest BCUT2D eigenvalue weighted by Crippen LogP contribution is 2.58. The first-order chi connectivity index (χ1) is 13.2. The maximum atomic E-state index is 14.0. The molecule has 1 aromatic heterocycles. The van der Waals surface area contributed by atoms with Crippen LogP contribution in [0.25, 0.3) is 11.1 Å². The molecule has 5 rings (SSSR count). The SMILES string of the molecule is CCOc1ccc2c(c1)N(c1ncc(-c3ccccc3F)cn1)CC21CC1. The van der Waals surface area contributed by atoms with Crippen molar-refractivity contribution in [2.45, 2.75) is 25.2 Å². The summed E-state index contributed by atoms with van der Waals surface area (Å²) in [4.78, 5) is 11.3. The van der Waals surface area contributed by atoms with Gasteiger partial charge in [-0.25, -0.2) is 14.4 Å². The van der Waals surface area contributed by atoms with Crippen LogP contribution in [0.15, 0.2) is 54.9 Å². The number of halogens is 1. The molecule has 2 aliphatic rings. The summed E-state index contributed by atoms with van der Waals surface area (Å²) in [6.45, 7) is 3.51. The van der Waals surface area contributed by atoms with Crippen molar-refractivity contribution in [3.8, 4) is 16.9 Å². The first kappa shape index (κ1) is 16.2. The lowest BCUT2D eigenvalue weighted by atomic mass is 9.99. The molecule has 0 unspecified atom stereocenters. The van der Waals surface area contributed by atoms with Gasteiger partial charge in [0.05, 0.1) is 12.3 Å². The molecule has 0 radical (unpaired) electrons. The van der Waals surface area contributed by atoms with Gasteiger partial charge in [0.25, 0.3) is 0 Å². The van der Waals surface area contributed by atoms with Crippen LogP contribution in [-0.2, 0) is 5.41 Å². The van der Waals surface area contributed by atoms with Crippen LogP contribution in [0, 0.1) is 5.82 Å². The fourth-order valence-electron chi connectivity index (χ4n) is 3.96. The van der Waals surface area contributed by atoms with Crippen molar-refractivity contribution in [1.82, 2.24) is 9.97 Å². The molecule has 0 atom stereocenters. The zero-order chi connectivity index (χ0) is 18.4. The number of aromatic nitrogens is 2. The van der Waals surface area contributed by atoms with E-state index in [0.717, 1.165) is 18.0 Å². The van der Waals surface area contributed by atoms with Gasteiger partial charge in [0.1, 0.15) is 11.6 Å². The normalized spacial score (nSPS) is 16.4. The Kier molecular flexibility index (Phi) is 3.64. The molecule has 1 aliphatic heterocycles. The molecule has 1 aliphatic carbocycles. The van der Waals surface area contributed by atoms with Gasteiger partial charge in [-0.3, -0.25) is 0 Å². The Morgan fingerprint density at radius 1 is 1.11 bits per heavy atom. The standard InChI is InChI=1S/C22H20FN3O/c1-2-27-16-7-8-18-20(11-16)26(14-22(18)9-10-22)21-24-12-15(13-25-21)17-5-3-4-6-19(17)23/h3-8,11-13H,2,9-10,14H2,1H3. The lowest BCUT2D eigenvalue weighted by molar-refractivity contribution is 0.340. The quantitative estimate of drug-likeness (QED) is 0.665. The van der Waals surface area contributed by atoms with Crippen LogP contribution in [0.2, 0.25) is 0 Å². The van der Waals surface area contributed by atoms with Crippen molar-refractivity contribution in [2.24, 2.45) is 0 Å². The van der Waals surface area contributed by atoms with E-state index in [0.29, 0.717) is 23.7 Å². The van der Waals surface area contributed by atoms with Gasteiger partial charge >= 0.3 is 0 Å². The molecule has 3 aromatic rings. The predicted molar refractivity (Wildman–Crippen MR) is 103 cm³/mol. The number of hydrogen-bond acceptors (Lipinski definition) is 4. The van der Waals surface area contributed by atoms with Gasteiger partial charge in [0.15, 0.2) is 0 Å². The van der Waals surface area contributed by atoms with Crippen molar-refractivity contribution < 1.29 is 9.13 Å². The Morgan fingerprint density at radius 3 is 2.59 bits per heavy atom. The molecule has 1 fully saturated rings. The topological polar surface area (TPSA) is 38.2 Å². The van der Waals surface area contributed by atoms with Crippen LogP contribution in [0.3, 0.4) is 0 Å². The lowest BCUT2D eigenvalue weighted by Crippen LogP contribution is -2.21. The molecular formula is C22H20FN3O. The minimum atomic E-state index is -0.265. The number of anilines is 2. The lowest BCUT2D eigenvalue weighted by Gasteiger charge is -2.18. The Morgan fingerprint density at radius 2 is 1.89 bits per heavy atom. The van der Waals surface area contributed by atoms with Crippen molar-refractivity contribution in [2.75, 3.05) is 18.1 Å². The number of benzene rings is 2. The summed E-state index contributed by atoms with van der Waals surface area (Å²) >= 11 is 0. The first-order valence-corrected chi connectivity index (χ1v) is 9.32. The van der Waals surface area contributed by atoms with Crippen LogP contribution in [-0.4, -0.2) is 23.1 Å². The van der Waals surface area contributed by atoms with E-state index < -0.39 is 0 Å². The Hall–Kier alpha value is -2.95. The van der Waals surface area contributed by atoms with Crippen LogP contribution in [0.1, 0.15) is 25.3 Å². The maximum absolute atomic E-state index is 14.0. The molecule has 5 heteroatoms. The summed E-state index contributed by atoms with van der Waals surface area (Å²) in [5.41, 5.74) is 3.90. The summed E-state index contributed by atoms with van der Waals surface area (Å²) < 4.78 is 19.7. The second-order valence-electron chi connectivity index (χ2n) is 7.23. The Bertz CT molecular complexity index is 999. The molecule has 2 heterocycles. The summed E-state index contributed by atoms with van der Waals surface area (Å²) in [5.74, 6) is 1.24. The van der Waals surface area contributed by atoms with Crippen molar-refractivity contribution >= 4 is 11.6 Å². The molecule has 0 amide bonds. The fourth-order valence-corrected chi connectivity index (χ4v) is 3.96. The minimum Gasteiger partial charge on any atom is -0.494 e. The fraction of sp³-hybridized carbons (Fsp3) is 0.273. The van der Waals surface area contributed by atoms with Crippen LogP contribution >= 0.6 is 0 Å². The van der Waals surface area contributed by atoms with E-state index in [2.05, 4.69) is 27.0 Å². The highest BCUT2D eigenvalue weighted by atomic mass is 19.1. The van der Waals surface area contributed by atoms with E-state index in [9.17, 15) is 4.39 Å². The smallest absolute Gasteiger partial charge is 0.229 e. The molecule has 136 valence electrons. The molecule has 0 N–H and O–H groups in total. The van der Waals surface area contributed by atoms with E-state index in [4.69, 9.17) is 4.74 Å². The van der Waals surface area contributed by atoms with Gasteiger partial charge in [-0.05, 0) is 37.5 Å². The van der Waals surface area contributed by atoms with Crippen LogP contribution in [0.4, 0.5) is 16.0 Å². The molecule has 0 saturated heterocycles. The van der Waals surface area contributed by atoms with Crippen LogP contribution < -0.4 is 9.64 Å². The average molecular weight is 361 g/mol. The molecule has 0 bridgehead atoms. The van der Waals surface area contributed by atoms with Crippen molar-refractivity contribution in [1.29, 1.82) is 0 Å². The number of ether oxygens (including phenoxy) is 1. The number of rotatable bonds is 4. The summed E-state index contributed by atoms with van der Waals surface area (Å²) in [6, 6.07) is 13.0. The Labute approximate surface area is 157 Å². The third-order valence-corrected chi connectivity index (χ3v) is 5.52. The minimum absolute atomic E-state index is 0.230. The monoisotopic (exact) mass is 361 g/mol. The zero-order valence-corrected chi connectivity index (χ0v) is 15.2. The number of hydrogen-bond donors (Lipinski definition) is 0. The summed E-state index contributed by atoms with van der Waals surface area (Å²) in [5, 5.41) is 0. The Balaban J connectivity index is 1.51. The van der Waals surface area contributed by atoms with Gasteiger partial charge in [0.2, 0.25) is 5.95 Å². The number of fused-ring (bicyclic) bond motifs is 2. The van der Waals surface area contributed by atoms with E-state index in [1.54, 1.807) is 24.5 Å². The highest BCUT2D eigenvalue weighted by molar-refractivity contribution is 5.73. The molecule has 27 heavy (non-hydrogen) atoms. The van der Waals surface area contributed by atoms with Gasteiger partial charge < -0.3 is 9.64 Å². The average Bonchev–Trinajstić information content (AvgIpc) is 3.40. The summed E-state index contributed by atoms with van der Waals surface area (Å²) in [6.07, 6.45) is 5.78. The third-order valence-electron chi connectivity index (χ3n) is 5.52. The molecular weight excluding hydrogens is 341 g/mol. The van der Waals surface area contributed by atoms with E-state index >= 15 is 0 Å². The van der Waals surface area contributed by atoms with Crippen molar-refractivity contribution in [3.05, 3.63) is 66.2 Å². The largest absolute Gasteiger partial charge is 0.494 e. The molecule has 2 aromatic carbocycles. The van der Waals surface area contributed by atoms with E-state index in [-0.39, 0.29) is 11.2 Å². The van der Waals surface area contributed by atoms with Gasteiger partial charge in [-0.1, -0.05) is 24.3 Å². The van der Waals surface area contributed by atoms with Gasteiger partial charge in [0, 0.05) is 41.5 Å². The second-order valence-corrected chi connectivity index (χ2v) is 7.23. The van der Waals surface area contributed by atoms with Crippen LogP contribution in [0.5, 0.6) is 5.75 Å². The van der Waals surface area contributed by atoms with Gasteiger partial charge in [-0.2, -0.15) is 0 Å². The van der Waals surface area contributed by atoms with Crippen molar-refractivity contribution in [3.63, 3.8) is 0 Å². The highest BCUT2D eigenvalue weighted by Gasteiger charge is 2.52. The third kappa shape index (κ3) is 2.65. The number of nitrogens with zero attached hydrogens (tertiary/aromatic N) is 3. The predicted octanol–water partition coefficient (Wildman–Crippen LogP) is 4.86. The second kappa shape index (κ2) is 6.05. The van der Waals surface area contributed by atoms with E-state index in [1.807, 2.05) is 19.1 Å². The molecule has 1 spiro atoms. The zero-order valence-electron chi connectivity index (χ0n) is 15.2. The van der Waals surface area contributed by atoms with Gasteiger partial charge in [-0.15, -0.1) is 0 Å². The first-order valence-electron chi connectivity index (χ1n) is 9.32.